The summed E-state index contributed by atoms with van der Waals surface area (Å²) in [5.74, 6) is -0.118. The molecule has 0 aliphatic heterocycles. The fourth-order valence-corrected chi connectivity index (χ4v) is 0.518. The predicted molar refractivity (Wildman–Crippen MR) is 32.0 cm³/mol. The zero-order valence-electron chi connectivity index (χ0n) is 4.79. The molecule has 3 N–H and O–H groups in total. The van der Waals surface area contributed by atoms with Crippen molar-refractivity contribution in [3.05, 3.63) is 18.2 Å². The van der Waals surface area contributed by atoms with Gasteiger partial charge in [0.25, 0.3) is 0 Å². The summed E-state index contributed by atoms with van der Waals surface area (Å²) in [6, 6.07) is 0. The summed E-state index contributed by atoms with van der Waals surface area (Å²) in [5, 5.41) is 0. The highest BCUT2D eigenvalue weighted by Crippen LogP contribution is 1.89. The van der Waals surface area contributed by atoms with E-state index in [0.29, 0.717) is 5.69 Å². The third-order valence-electron chi connectivity index (χ3n) is 0.984. The minimum Gasteiger partial charge on any atom is -0.342 e. The Kier molecular flexibility index (Phi) is 1.60. The van der Waals surface area contributed by atoms with Crippen molar-refractivity contribution in [1.29, 1.82) is 0 Å². The van der Waals surface area contributed by atoms with Crippen LogP contribution in [-0.4, -0.2) is 22.3 Å². The van der Waals surface area contributed by atoms with Gasteiger partial charge in [-0.05, 0) is 0 Å². The Balaban J connectivity index is 2.77. The average molecular weight is 125 g/mol. The number of aromatic nitrogens is 2. The molecule has 1 heterocycles. The van der Waals surface area contributed by atoms with Crippen LogP contribution in [0.25, 0.3) is 0 Å². The van der Waals surface area contributed by atoms with Crippen molar-refractivity contribution in [2.75, 3.05) is 6.54 Å². The minimum atomic E-state index is -0.118. The first-order valence-electron chi connectivity index (χ1n) is 2.56. The zero-order valence-corrected chi connectivity index (χ0v) is 4.79. The summed E-state index contributed by atoms with van der Waals surface area (Å²) in [6.45, 7) is 0.0300. The maximum absolute atomic E-state index is 10.7. The third-order valence-corrected chi connectivity index (χ3v) is 0.984. The Labute approximate surface area is 52.1 Å². The van der Waals surface area contributed by atoms with E-state index in [1.165, 1.54) is 12.5 Å². The Morgan fingerprint density at radius 2 is 2.67 bits per heavy atom. The number of nitrogens with zero attached hydrogens (tertiary/aromatic N) is 1. The molecule has 0 unspecified atom stereocenters. The largest absolute Gasteiger partial charge is 0.342 e. The number of H-pyrrole nitrogens is 1. The molecule has 0 bridgehead atoms. The molecule has 4 heteroatoms. The van der Waals surface area contributed by atoms with Gasteiger partial charge in [-0.15, -0.1) is 0 Å². The average Bonchev–Trinajstić information content (AvgIpc) is 2.37. The van der Waals surface area contributed by atoms with Gasteiger partial charge in [0.1, 0.15) is 5.69 Å². The lowest BCUT2D eigenvalue weighted by Crippen LogP contribution is -2.13. The summed E-state index contributed by atoms with van der Waals surface area (Å²) < 4.78 is 0. The SMILES string of the molecule is NCC(=O)c1cnc[nH]1. The summed E-state index contributed by atoms with van der Waals surface area (Å²) in [6.07, 6.45) is 2.90. The lowest BCUT2D eigenvalue weighted by molar-refractivity contribution is 0.0997. The predicted octanol–water partition coefficient (Wildman–Crippen LogP) is -0.449. The van der Waals surface area contributed by atoms with Crippen LogP contribution in [0.5, 0.6) is 0 Å². The number of nitrogens with two attached hydrogens (primary N) is 1. The van der Waals surface area contributed by atoms with Gasteiger partial charge in [-0.2, -0.15) is 0 Å². The van der Waals surface area contributed by atoms with Crippen molar-refractivity contribution in [2.45, 2.75) is 0 Å². The molecule has 0 amide bonds. The Morgan fingerprint density at radius 1 is 1.89 bits per heavy atom. The normalized spacial score (nSPS) is 9.44. The fourth-order valence-electron chi connectivity index (χ4n) is 0.518. The second-order valence-electron chi connectivity index (χ2n) is 1.59. The molecule has 0 aliphatic carbocycles. The molecule has 0 aliphatic rings. The first-order chi connectivity index (χ1) is 4.34. The molecule has 0 atom stereocenters. The summed E-state index contributed by atoms with van der Waals surface area (Å²) in [4.78, 5) is 17.0. The molecule has 48 valence electrons. The van der Waals surface area contributed by atoms with Gasteiger partial charge in [-0.1, -0.05) is 0 Å². The van der Waals surface area contributed by atoms with Crippen LogP contribution in [0, 0.1) is 0 Å². The lowest BCUT2D eigenvalue weighted by Gasteiger charge is -1.86. The first-order valence-corrected chi connectivity index (χ1v) is 2.56. The van der Waals surface area contributed by atoms with E-state index in [-0.39, 0.29) is 12.3 Å². The van der Waals surface area contributed by atoms with Crippen LogP contribution in [-0.2, 0) is 0 Å². The smallest absolute Gasteiger partial charge is 0.194 e. The highest BCUT2D eigenvalue weighted by Gasteiger charge is 2.01. The topological polar surface area (TPSA) is 71.8 Å². The van der Waals surface area contributed by atoms with E-state index in [1.54, 1.807) is 0 Å². The molecule has 0 saturated heterocycles. The van der Waals surface area contributed by atoms with E-state index < -0.39 is 0 Å². The number of nitrogens with one attached hydrogen (secondary N) is 1. The Morgan fingerprint density at radius 3 is 3.11 bits per heavy atom. The summed E-state index contributed by atoms with van der Waals surface area (Å²) in [5.41, 5.74) is 5.54. The van der Waals surface area contributed by atoms with E-state index in [2.05, 4.69) is 9.97 Å². The molecule has 1 rings (SSSR count). The molecule has 1 aromatic rings. The standard InChI is InChI=1S/C5H7N3O/c6-1-5(9)4-2-7-3-8-4/h2-3H,1,6H2,(H,7,8). The number of hydrogen-bond donors (Lipinski definition) is 2. The molecule has 9 heavy (non-hydrogen) atoms. The summed E-state index contributed by atoms with van der Waals surface area (Å²) >= 11 is 0. The van der Waals surface area contributed by atoms with Gasteiger partial charge in [0.05, 0.1) is 19.1 Å². The number of rotatable bonds is 2. The van der Waals surface area contributed by atoms with Gasteiger partial charge in [0.2, 0.25) is 0 Å². The van der Waals surface area contributed by atoms with Gasteiger partial charge >= 0.3 is 0 Å². The highest BCUT2D eigenvalue weighted by atomic mass is 16.1. The number of carbonyl (C=O) groups excluding carboxylic acids is 1. The number of hydrogen-bond acceptors (Lipinski definition) is 3. The van der Waals surface area contributed by atoms with Crippen molar-refractivity contribution in [3.8, 4) is 0 Å². The molecular weight excluding hydrogens is 118 g/mol. The third kappa shape index (κ3) is 1.14. The Bertz CT molecular complexity index is 192. The van der Waals surface area contributed by atoms with Crippen LogP contribution in [0.1, 0.15) is 10.5 Å². The fraction of sp³-hybridized carbons (Fsp3) is 0.200. The quantitative estimate of drug-likeness (QED) is 0.526. The summed E-state index contributed by atoms with van der Waals surface area (Å²) in [7, 11) is 0. The van der Waals surface area contributed by atoms with Gasteiger partial charge in [0.15, 0.2) is 5.78 Å². The first kappa shape index (κ1) is 5.97. The minimum absolute atomic E-state index is 0.0300. The maximum atomic E-state index is 10.7. The van der Waals surface area contributed by atoms with Crippen LogP contribution in [0.4, 0.5) is 0 Å². The highest BCUT2D eigenvalue weighted by molar-refractivity contribution is 5.95. The maximum Gasteiger partial charge on any atom is 0.194 e. The van der Waals surface area contributed by atoms with Crippen molar-refractivity contribution >= 4 is 5.78 Å². The number of aromatic amines is 1. The van der Waals surface area contributed by atoms with Gasteiger partial charge in [-0.25, -0.2) is 4.98 Å². The second-order valence-corrected chi connectivity index (χ2v) is 1.59. The molecule has 0 saturated carbocycles. The molecule has 1 aromatic heterocycles. The van der Waals surface area contributed by atoms with Crippen molar-refractivity contribution in [3.63, 3.8) is 0 Å². The van der Waals surface area contributed by atoms with Crippen molar-refractivity contribution in [1.82, 2.24) is 9.97 Å². The second kappa shape index (κ2) is 2.41. The van der Waals surface area contributed by atoms with Crippen LogP contribution < -0.4 is 5.73 Å². The number of ketones is 1. The molecule has 0 fully saturated rings. The van der Waals surface area contributed by atoms with Crippen LogP contribution >= 0.6 is 0 Å². The van der Waals surface area contributed by atoms with Crippen molar-refractivity contribution in [2.24, 2.45) is 5.73 Å². The number of imidazole rings is 1. The zero-order chi connectivity index (χ0) is 6.69. The molecular formula is C5H7N3O. The molecule has 0 spiro atoms. The van der Waals surface area contributed by atoms with E-state index in [0.717, 1.165) is 0 Å². The van der Waals surface area contributed by atoms with Crippen LogP contribution in [0.2, 0.25) is 0 Å². The van der Waals surface area contributed by atoms with Crippen LogP contribution in [0.3, 0.4) is 0 Å². The molecule has 0 radical (unpaired) electrons. The van der Waals surface area contributed by atoms with E-state index in [1.807, 2.05) is 0 Å². The number of Topliss-reactive ketones (excluding diaryl/α,β-unsaturated/α-hetero) is 1. The van der Waals surface area contributed by atoms with Gasteiger partial charge in [-0.3, -0.25) is 4.79 Å². The van der Waals surface area contributed by atoms with E-state index in [4.69, 9.17) is 5.73 Å². The lowest BCUT2D eigenvalue weighted by atomic mass is 10.3. The Hall–Kier alpha value is -1.16. The monoisotopic (exact) mass is 125 g/mol. The van der Waals surface area contributed by atoms with E-state index in [9.17, 15) is 4.79 Å². The van der Waals surface area contributed by atoms with Crippen molar-refractivity contribution < 1.29 is 4.79 Å². The molecule has 4 nitrogen and oxygen atoms in total. The molecule has 0 aromatic carbocycles. The van der Waals surface area contributed by atoms with Crippen LogP contribution in [0.15, 0.2) is 12.5 Å². The van der Waals surface area contributed by atoms with Gasteiger partial charge < -0.3 is 10.7 Å². The van der Waals surface area contributed by atoms with Gasteiger partial charge in [0, 0.05) is 0 Å². The number of carbonyl (C=O) groups is 1. The van der Waals surface area contributed by atoms with E-state index >= 15 is 0 Å².